The van der Waals surface area contributed by atoms with Crippen LogP contribution in [-0.2, 0) is 0 Å². The minimum atomic E-state index is -1.07. The lowest BCUT2D eigenvalue weighted by atomic mass is 9.98. The third-order valence-electron chi connectivity index (χ3n) is 4.80. The molecule has 0 bridgehead atoms. The molecule has 0 aliphatic heterocycles. The van der Waals surface area contributed by atoms with Crippen molar-refractivity contribution in [1.82, 2.24) is 0 Å². The first-order valence-corrected chi connectivity index (χ1v) is 11.3. The number of rotatable bonds is 4. The van der Waals surface area contributed by atoms with Crippen LogP contribution in [0.1, 0.15) is 71.4 Å². The Morgan fingerprint density at radius 2 is 1.83 bits per heavy atom. The average Bonchev–Trinajstić information content (AvgIpc) is 3.30. The maximum Gasteiger partial charge on any atom is 0.348 e. The predicted molar refractivity (Wildman–Crippen MR) is 123 cm³/mol. The van der Waals surface area contributed by atoms with Gasteiger partial charge in [-0.25, -0.2) is 4.79 Å². The highest BCUT2D eigenvalue weighted by molar-refractivity contribution is 7.15. The summed E-state index contributed by atoms with van der Waals surface area (Å²) in [7, 11) is 0. The van der Waals surface area contributed by atoms with Crippen molar-refractivity contribution in [3.8, 4) is 11.8 Å². The number of benzene rings is 1. The number of anilines is 1. The monoisotopic (exact) mass is 463 g/mol. The zero-order chi connectivity index (χ0) is 22.1. The summed E-state index contributed by atoms with van der Waals surface area (Å²) >= 11 is 13.4. The van der Waals surface area contributed by atoms with Gasteiger partial charge in [0.1, 0.15) is 4.88 Å². The van der Waals surface area contributed by atoms with E-state index in [1.54, 1.807) is 23.1 Å². The number of carboxylic acid groups (broad SMARTS) is 1. The molecule has 1 amide bonds. The van der Waals surface area contributed by atoms with Crippen LogP contribution in [0, 0.1) is 17.3 Å². The third-order valence-corrected chi connectivity index (χ3v) is 6.37. The van der Waals surface area contributed by atoms with E-state index in [0.29, 0.717) is 21.2 Å². The number of halogens is 2. The van der Waals surface area contributed by atoms with Gasteiger partial charge in [0.15, 0.2) is 0 Å². The molecule has 7 heteroatoms. The Balaban J connectivity index is 2.12. The summed E-state index contributed by atoms with van der Waals surface area (Å²) < 4.78 is 0. The molecular formula is C23H23Cl2NO3S. The summed E-state index contributed by atoms with van der Waals surface area (Å²) in [5.74, 6) is 4.81. The second kappa shape index (κ2) is 9.01. The van der Waals surface area contributed by atoms with Crippen molar-refractivity contribution >= 4 is 52.1 Å². The molecule has 3 rings (SSSR count). The number of hydrogen-bond acceptors (Lipinski definition) is 3. The van der Waals surface area contributed by atoms with Gasteiger partial charge < -0.3 is 10.0 Å². The molecule has 30 heavy (non-hydrogen) atoms. The molecular weight excluding hydrogens is 441 g/mol. The van der Waals surface area contributed by atoms with Crippen molar-refractivity contribution in [3.05, 3.63) is 49.6 Å². The van der Waals surface area contributed by atoms with E-state index in [2.05, 4.69) is 11.8 Å². The summed E-state index contributed by atoms with van der Waals surface area (Å²) in [5, 5.41) is 10.5. The van der Waals surface area contributed by atoms with Gasteiger partial charge in [0.25, 0.3) is 5.91 Å². The summed E-state index contributed by atoms with van der Waals surface area (Å²) in [5.41, 5.74) is 0.470. The number of hydrogen-bond donors (Lipinski definition) is 1. The van der Waals surface area contributed by atoms with Gasteiger partial charge in [-0.15, -0.1) is 11.3 Å². The van der Waals surface area contributed by atoms with Crippen molar-refractivity contribution in [2.24, 2.45) is 5.41 Å². The standard InChI is InChI=1S/C23H23Cl2NO3S/c1-23(2,3)11-10-16-13-19(20(30-16)22(28)29)26(15-6-4-5-7-15)21(27)17-9-8-14(24)12-18(17)25/h8-9,12-13,15H,4-7H2,1-3H3,(H,28,29). The van der Waals surface area contributed by atoms with E-state index < -0.39 is 5.97 Å². The van der Waals surface area contributed by atoms with E-state index in [0.717, 1.165) is 37.0 Å². The highest BCUT2D eigenvalue weighted by Crippen LogP contribution is 2.37. The Morgan fingerprint density at radius 3 is 2.40 bits per heavy atom. The predicted octanol–water partition coefficient (Wildman–Crippen LogP) is 6.74. The van der Waals surface area contributed by atoms with Crippen LogP contribution < -0.4 is 4.90 Å². The van der Waals surface area contributed by atoms with E-state index in [4.69, 9.17) is 23.2 Å². The van der Waals surface area contributed by atoms with Gasteiger partial charge in [-0.1, -0.05) is 47.9 Å². The molecule has 1 aromatic heterocycles. The summed E-state index contributed by atoms with van der Waals surface area (Å²) in [6, 6.07) is 6.35. The molecule has 1 N–H and O–H groups in total. The Kier molecular flexibility index (Phi) is 6.81. The molecule has 1 aliphatic rings. The zero-order valence-corrected chi connectivity index (χ0v) is 19.4. The molecule has 1 fully saturated rings. The SMILES string of the molecule is CC(C)(C)C#Cc1cc(N(C(=O)c2ccc(Cl)cc2Cl)C2CCCC2)c(C(=O)O)s1. The Bertz CT molecular complexity index is 1040. The minimum absolute atomic E-state index is 0.0830. The van der Waals surface area contributed by atoms with Crippen molar-refractivity contribution in [3.63, 3.8) is 0 Å². The van der Waals surface area contributed by atoms with Gasteiger partial charge in [0.2, 0.25) is 0 Å². The van der Waals surface area contributed by atoms with Gasteiger partial charge in [0.05, 0.1) is 21.2 Å². The average molecular weight is 464 g/mol. The topological polar surface area (TPSA) is 57.6 Å². The smallest absolute Gasteiger partial charge is 0.348 e. The highest BCUT2D eigenvalue weighted by Gasteiger charge is 2.33. The van der Waals surface area contributed by atoms with E-state index >= 15 is 0 Å². The van der Waals surface area contributed by atoms with E-state index in [1.165, 1.54) is 6.07 Å². The molecule has 2 aromatic rings. The van der Waals surface area contributed by atoms with E-state index in [-0.39, 0.29) is 27.3 Å². The van der Waals surface area contributed by atoms with Crippen molar-refractivity contribution in [2.75, 3.05) is 4.90 Å². The summed E-state index contributed by atoms with van der Waals surface area (Å²) in [6.45, 7) is 5.97. The Labute approximate surface area is 190 Å². The largest absolute Gasteiger partial charge is 0.477 e. The Morgan fingerprint density at radius 1 is 1.17 bits per heavy atom. The number of carboxylic acids is 1. The van der Waals surface area contributed by atoms with Gasteiger partial charge in [-0.05, 0) is 57.9 Å². The first-order valence-electron chi connectivity index (χ1n) is 9.76. The maximum atomic E-state index is 13.5. The third kappa shape index (κ3) is 5.18. The molecule has 0 radical (unpaired) electrons. The fourth-order valence-electron chi connectivity index (χ4n) is 3.45. The van der Waals surface area contributed by atoms with Gasteiger partial charge in [-0.2, -0.15) is 0 Å². The van der Waals surface area contributed by atoms with E-state index in [9.17, 15) is 14.7 Å². The van der Waals surface area contributed by atoms with Gasteiger partial charge >= 0.3 is 5.97 Å². The Hall–Kier alpha value is -2.00. The molecule has 1 aliphatic carbocycles. The van der Waals surface area contributed by atoms with Crippen LogP contribution in [-0.4, -0.2) is 23.0 Å². The quantitative estimate of drug-likeness (QED) is 0.510. The molecule has 0 spiro atoms. The zero-order valence-electron chi connectivity index (χ0n) is 17.1. The van der Waals surface area contributed by atoms with Crippen LogP contribution in [0.3, 0.4) is 0 Å². The number of nitrogens with zero attached hydrogens (tertiary/aromatic N) is 1. The number of aromatic carboxylic acids is 1. The fourth-order valence-corrected chi connectivity index (χ4v) is 4.78. The molecule has 0 unspecified atom stereocenters. The van der Waals surface area contributed by atoms with Crippen LogP contribution in [0.2, 0.25) is 10.0 Å². The summed E-state index contributed by atoms with van der Waals surface area (Å²) in [4.78, 5) is 27.9. The van der Waals surface area contributed by atoms with Crippen molar-refractivity contribution < 1.29 is 14.7 Å². The number of carbonyl (C=O) groups is 2. The molecule has 0 atom stereocenters. The number of thiophene rings is 1. The first-order chi connectivity index (χ1) is 14.1. The molecule has 1 heterocycles. The number of carbonyl (C=O) groups excluding carboxylic acids is 1. The second-order valence-electron chi connectivity index (χ2n) is 8.37. The summed E-state index contributed by atoms with van der Waals surface area (Å²) in [6.07, 6.45) is 3.61. The molecule has 1 saturated carbocycles. The van der Waals surface area contributed by atoms with Gasteiger partial charge in [-0.3, -0.25) is 4.79 Å². The second-order valence-corrected chi connectivity index (χ2v) is 10.3. The lowest BCUT2D eigenvalue weighted by Gasteiger charge is -2.29. The molecule has 4 nitrogen and oxygen atoms in total. The lowest BCUT2D eigenvalue weighted by Crippen LogP contribution is -2.39. The van der Waals surface area contributed by atoms with E-state index in [1.807, 2.05) is 20.8 Å². The number of amides is 1. The molecule has 0 saturated heterocycles. The van der Waals surface area contributed by atoms with Crippen LogP contribution in [0.5, 0.6) is 0 Å². The normalized spacial score (nSPS) is 14.3. The fraction of sp³-hybridized carbons (Fsp3) is 0.391. The van der Waals surface area contributed by atoms with Crippen LogP contribution in [0.15, 0.2) is 24.3 Å². The van der Waals surface area contributed by atoms with Crippen molar-refractivity contribution in [1.29, 1.82) is 0 Å². The van der Waals surface area contributed by atoms with Gasteiger partial charge in [0, 0.05) is 16.5 Å². The highest BCUT2D eigenvalue weighted by atomic mass is 35.5. The minimum Gasteiger partial charge on any atom is -0.477 e. The van der Waals surface area contributed by atoms with Crippen LogP contribution >= 0.6 is 34.5 Å². The van der Waals surface area contributed by atoms with Crippen molar-refractivity contribution in [2.45, 2.75) is 52.5 Å². The molecule has 158 valence electrons. The van der Waals surface area contributed by atoms with Crippen LogP contribution in [0.4, 0.5) is 5.69 Å². The molecule has 1 aromatic carbocycles. The first kappa shape index (κ1) is 22.7. The maximum absolute atomic E-state index is 13.5. The van der Waals surface area contributed by atoms with Crippen LogP contribution in [0.25, 0.3) is 0 Å². The lowest BCUT2D eigenvalue weighted by molar-refractivity contribution is 0.0703.